The van der Waals surface area contributed by atoms with Crippen molar-refractivity contribution in [3.8, 4) is 0 Å². The second-order valence-electron chi connectivity index (χ2n) is 4.30. The number of hydrogen-bond donors (Lipinski definition) is 1. The van der Waals surface area contributed by atoms with E-state index < -0.39 is 22.9 Å². The molecule has 1 rings (SSSR count). The van der Waals surface area contributed by atoms with Gasteiger partial charge in [-0.3, -0.25) is 14.9 Å². The minimum Gasteiger partial charge on any atom is -0.449 e. The van der Waals surface area contributed by atoms with E-state index in [9.17, 15) is 19.7 Å². The Balaban J connectivity index is 3.09. The normalized spacial score (nSPS) is 11.6. The molecule has 0 aliphatic carbocycles. The van der Waals surface area contributed by atoms with Gasteiger partial charge in [0, 0.05) is 20.2 Å². The van der Waals surface area contributed by atoms with Crippen molar-refractivity contribution in [2.75, 3.05) is 19.0 Å². The zero-order valence-electron chi connectivity index (χ0n) is 11.3. The van der Waals surface area contributed by atoms with E-state index in [1.807, 2.05) is 0 Å². The van der Waals surface area contributed by atoms with Gasteiger partial charge in [0.1, 0.15) is 5.69 Å². The Morgan fingerprint density at radius 1 is 1.40 bits per heavy atom. The smallest absolute Gasteiger partial charge is 0.339 e. The third-order valence-corrected chi connectivity index (χ3v) is 2.57. The van der Waals surface area contributed by atoms with E-state index in [1.165, 1.54) is 19.1 Å². The Morgan fingerprint density at radius 2 is 2.00 bits per heavy atom. The summed E-state index contributed by atoms with van der Waals surface area (Å²) in [6, 6.07) is 3.92. The molecule has 0 heterocycles. The van der Waals surface area contributed by atoms with Crippen molar-refractivity contribution < 1.29 is 19.2 Å². The van der Waals surface area contributed by atoms with E-state index in [0.29, 0.717) is 5.69 Å². The molecule has 1 aromatic carbocycles. The van der Waals surface area contributed by atoms with Gasteiger partial charge in [-0.2, -0.15) is 0 Å². The number of esters is 1. The van der Waals surface area contributed by atoms with Crippen LogP contribution in [0.25, 0.3) is 0 Å². The minimum absolute atomic E-state index is 0.0181. The predicted octanol–water partition coefficient (Wildman–Crippen LogP) is 0.691. The van der Waals surface area contributed by atoms with Crippen LogP contribution in [0.15, 0.2) is 18.2 Å². The van der Waals surface area contributed by atoms with Crippen LogP contribution in [0.5, 0.6) is 0 Å². The summed E-state index contributed by atoms with van der Waals surface area (Å²) < 4.78 is 4.78. The average Bonchev–Trinajstić information content (AvgIpc) is 2.37. The fraction of sp³-hybridized carbons (Fsp3) is 0.333. The zero-order valence-corrected chi connectivity index (χ0v) is 11.3. The van der Waals surface area contributed by atoms with Gasteiger partial charge < -0.3 is 15.4 Å². The van der Waals surface area contributed by atoms with Crippen molar-refractivity contribution in [2.45, 2.75) is 13.0 Å². The quantitative estimate of drug-likeness (QED) is 0.482. The van der Waals surface area contributed by atoms with E-state index in [4.69, 9.17) is 10.5 Å². The van der Waals surface area contributed by atoms with Crippen molar-refractivity contribution in [1.82, 2.24) is 0 Å². The number of benzene rings is 1. The highest BCUT2D eigenvalue weighted by molar-refractivity contribution is 5.93. The third-order valence-electron chi connectivity index (χ3n) is 2.57. The number of anilines is 1. The minimum atomic E-state index is -1.10. The summed E-state index contributed by atoms with van der Waals surface area (Å²) in [4.78, 5) is 34.5. The summed E-state index contributed by atoms with van der Waals surface area (Å²) >= 11 is 0. The summed E-state index contributed by atoms with van der Waals surface area (Å²) in [6.45, 7) is 1.32. The Hall–Kier alpha value is -2.64. The number of primary amides is 1. The van der Waals surface area contributed by atoms with Crippen LogP contribution < -0.4 is 10.6 Å². The molecule has 0 saturated carbocycles. The Kier molecular flexibility index (Phi) is 4.63. The molecule has 0 radical (unpaired) electrons. The number of rotatable bonds is 5. The van der Waals surface area contributed by atoms with Gasteiger partial charge in [0.2, 0.25) is 0 Å². The number of nitro groups is 1. The Labute approximate surface area is 115 Å². The molecule has 2 N–H and O–H groups in total. The van der Waals surface area contributed by atoms with Crippen molar-refractivity contribution >= 4 is 23.3 Å². The van der Waals surface area contributed by atoms with Crippen LogP contribution in [-0.4, -0.2) is 37.0 Å². The van der Waals surface area contributed by atoms with E-state index in [-0.39, 0.29) is 11.3 Å². The molecular formula is C12H15N3O5. The van der Waals surface area contributed by atoms with Gasteiger partial charge in [-0.1, -0.05) is 0 Å². The zero-order chi connectivity index (χ0) is 15.4. The maximum absolute atomic E-state index is 11.7. The second-order valence-corrected chi connectivity index (χ2v) is 4.30. The highest BCUT2D eigenvalue weighted by Gasteiger charge is 2.21. The van der Waals surface area contributed by atoms with E-state index in [2.05, 4.69) is 0 Å². The molecule has 0 saturated heterocycles. The van der Waals surface area contributed by atoms with Crippen LogP contribution >= 0.6 is 0 Å². The van der Waals surface area contributed by atoms with Gasteiger partial charge in [0.15, 0.2) is 6.10 Å². The molecule has 108 valence electrons. The average molecular weight is 281 g/mol. The van der Waals surface area contributed by atoms with Gasteiger partial charge in [0.25, 0.3) is 11.6 Å². The van der Waals surface area contributed by atoms with Gasteiger partial charge in [-0.15, -0.1) is 0 Å². The number of nitrogens with zero attached hydrogens (tertiary/aromatic N) is 2. The number of carbonyl (C=O) groups is 2. The largest absolute Gasteiger partial charge is 0.449 e. The molecule has 0 unspecified atom stereocenters. The topological polar surface area (TPSA) is 116 Å². The lowest BCUT2D eigenvalue weighted by Crippen LogP contribution is -2.30. The molecule has 1 amide bonds. The molecule has 8 nitrogen and oxygen atoms in total. The molecule has 1 atom stereocenters. The lowest BCUT2D eigenvalue weighted by Gasteiger charge is -2.14. The second kappa shape index (κ2) is 6.00. The molecule has 0 aliphatic heterocycles. The standard InChI is InChI=1S/C12H15N3O5/c1-7(11(13)16)20-12(17)8-4-5-9(14(2)3)10(6-8)15(18)19/h4-7H,1-3H3,(H2,13,16)/t7-/m1/s1. The number of nitro benzene ring substituents is 1. The molecule has 8 heteroatoms. The van der Waals surface area contributed by atoms with Crippen molar-refractivity contribution in [3.63, 3.8) is 0 Å². The number of amides is 1. The maximum atomic E-state index is 11.7. The van der Waals surface area contributed by atoms with Crippen molar-refractivity contribution in [3.05, 3.63) is 33.9 Å². The molecule has 1 aromatic rings. The fourth-order valence-corrected chi connectivity index (χ4v) is 1.46. The first-order chi connectivity index (χ1) is 9.23. The van der Waals surface area contributed by atoms with Crippen molar-refractivity contribution in [2.24, 2.45) is 5.73 Å². The molecule has 0 spiro atoms. The summed E-state index contributed by atoms with van der Waals surface area (Å²) in [5, 5.41) is 11.0. The molecule has 0 aromatic heterocycles. The fourth-order valence-electron chi connectivity index (χ4n) is 1.46. The Bertz CT molecular complexity index is 556. The monoisotopic (exact) mass is 281 g/mol. The number of hydrogen-bond acceptors (Lipinski definition) is 6. The van der Waals surface area contributed by atoms with E-state index in [1.54, 1.807) is 19.0 Å². The third kappa shape index (κ3) is 3.44. The molecular weight excluding hydrogens is 266 g/mol. The number of carbonyl (C=O) groups excluding carboxylic acids is 2. The number of nitrogens with two attached hydrogens (primary N) is 1. The molecule has 0 bridgehead atoms. The highest BCUT2D eigenvalue weighted by atomic mass is 16.6. The van der Waals surface area contributed by atoms with Crippen LogP contribution in [0.4, 0.5) is 11.4 Å². The summed E-state index contributed by atoms with van der Waals surface area (Å²) in [5.41, 5.74) is 5.09. The van der Waals surface area contributed by atoms with Crippen LogP contribution in [0.2, 0.25) is 0 Å². The van der Waals surface area contributed by atoms with Crippen LogP contribution in [0.3, 0.4) is 0 Å². The van der Waals surface area contributed by atoms with Crippen LogP contribution in [0, 0.1) is 10.1 Å². The SMILES string of the molecule is C[C@@H](OC(=O)c1ccc(N(C)C)c([N+](=O)[O-])c1)C(N)=O. The van der Waals surface area contributed by atoms with E-state index in [0.717, 1.165) is 6.07 Å². The van der Waals surface area contributed by atoms with Crippen LogP contribution in [0.1, 0.15) is 17.3 Å². The van der Waals surface area contributed by atoms with Crippen molar-refractivity contribution in [1.29, 1.82) is 0 Å². The lowest BCUT2D eigenvalue weighted by atomic mass is 10.1. The van der Waals surface area contributed by atoms with Gasteiger partial charge in [0.05, 0.1) is 10.5 Å². The first-order valence-electron chi connectivity index (χ1n) is 5.70. The highest BCUT2D eigenvalue weighted by Crippen LogP contribution is 2.28. The molecule has 0 fully saturated rings. The molecule has 20 heavy (non-hydrogen) atoms. The van der Waals surface area contributed by atoms with Crippen LogP contribution in [-0.2, 0) is 9.53 Å². The first kappa shape index (κ1) is 15.4. The maximum Gasteiger partial charge on any atom is 0.339 e. The Morgan fingerprint density at radius 3 is 2.45 bits per heavy atom. The van der Waals surface area contributed by atoms with Gasteiger partial charge in [-0.05, 0) is 19.1 Å². The summed E-state index contributed by atoms with van der Waals surface area (Å²) in [5.74, 6) is -1.64. The number of ether oxygens (including phenoxy) is 1. The van der Waals surface area contributed by atoms with Gasteiger partial charge in [-0.25, -0.2) is 4.79 Å². The van der Waals surface area contributed by atoms with E-state index >= 15 is 0 Å². The van der Waals surface area contributed by atoms with Gasteiger partial charge >= 0.3 is 5.97 Å². The molecule has 0 aliphatic rings. The summed E-state index contributed by atoms with van der Waals surface area (Å²) in [7, 11) is 3.30. The lowest BCUT2D eigenvalue weighted by molar-refractivity contribution is -0.384. The first-order valence-corrected chi connectivity index (χ1v) is 5.70. The summed E-state index contributed by atoms with van der Waals surface area (Å²) in [6.07, 6.45) is -1.10. The predicted molar refractivity (Wildman–Crippen MR) is 71.5 cm³/mol.